The van der Waals surface area contributed by atoms with Crippen LogP contribution in [0, 0.1) is 11.8 Å². The van der Waals surface area contributed by atoms with E-state index in [2.05, 4.69) is 0 Å². The second-order valence-corrected chi connectivity index (χ2v) is 9.50. The molecule has 4 rings (SSSR count). The van der Waals surface area contributed by atoms with E-state index in [0.29, 0.717) is 39.0 Å². The molecule has 0 radical (unpaired) electrons. The lowest BCUT2D eigenvalue weighted by Gasteiger charge is -2.35. The Hall–Kier alpha value is -2.29. The molecule has 0 spiro atoms. The van der Waals surface area contributed by atoms with Gasteiger partial charge in [-0.1, -0.05) is 42.5 Å². The molecule has 0 bridgehead atoms. The molecule has 1 aromatic rings. The van der Waals surface area contributed by atoms with Gasteiger partial charge in [0.1, 0.15) is 0 Å². The minimum absolute atomic E-state index is 0.0924. The Morgan fingerprint density at radius 1 is 0.897 bits per heavy atom. The highest BCUT2D eigenvalue weighted by molar-refractivity contribution is 7.92. The summed E-state index contributed by atoms with van der Waals surface area (Å²) in [6.07, 6.45) is 6.81. The van der Waals surface area contributed by atoms with Crippen molar-refractivity contribution in [1.82, 2.24) is 14.1 Å². The Bertz CT molecular complexity index is 908. The Morgan fingerprint density at radius 2 is 1.48 bits per heavy atom. The lowest BCUT2D eigenvalue weighted by Crippen LogP contribution is -2.52. The molecule has 2 atom stereocenters. The largest absolute Gasteiger partial charge is 0.283 e. The highest BCUT2D eigenvalue weighted by Crippen LogP contribution is 2.35. The van der Waals surface area contributed by atoms with E-state index in [4.69, 9.17) is 0 Å². The number of carbonyl (C=O) groups excluding carboxylic acids is 2. The Balaban J connectivity index is 1.33. The van der Waals surface area contributed by atoms with Crippen molar-refractivity contribution in [3.63, 3.8) is 0 Å². The van der Waals surface area contributed by atoms with Gasteiger partial charge in [-0.3, -0.25) is 19.4 Å². The van der Waals surface area contributed by atoms with Gasteiger partial charge in [-0.05, 0) is 24.5 Å². The van der Waals surface area contributed by atoms with E-state index in [9.17, 15) is 18.0 Å². The third-order valence-corrected chi connectivity index (χ3v) is 7.43. The normalized spacial score (nSPS) is 26.4. The van der Waals surface area contributed by atoms with Crippen LogP contribution in [-0.4, -0.2) is 67.2 Å². The molecule has 2 amide bonds. The molecule has 8 heteroatoms. The summed E-state index contributed by atoms with van der Waals surface area (Å²) in [4.78, 5) is 28.5. The van der Waals surface area contributed by atoms with Crippen LogP contribution >= 0.6 is 0 Å². The van der Waals surface area contributed by atoms with Gasteiger partial charge in [-0.25, -0.2) is 8.42 Å². The number of nitrogens with zero attached hydrogens (tertiary/aromatic N) is 3. The molecule has 2 saturated heterocycles. The van der Waals surface area contributed by atoms with Crippen molar-refractivity contribution in [3.8, 4) is 0 Å². The molecular formula is C21H25N3O4S. The maximum absolute atomic E-state index is 12.6. The molecule has 1 aromatic carbocycles. The monoisotopic (exact) mass is 415 g/mol. The van der Waals surface area contributed by atoms with Gasteiger partial charge in [0.2, 0.25) is 21.8 Å². The number of sulfonamides is 1. The quantitative estimate of drug-likeness (QED) is 0.538. The predicted octanol–water partition coefficient (Wildman–Crippen LogP) is 1.51. The van der Waals surface area contributed by atoms with Crippen LogP contribution in [-0.2, 0) is 19.6 Å². The number of benzene rings is 1. The zero-order chi connectivity index (χ0) is 20.4. The molecule has 1 aliphatic carbocycles. The van der Waals surface area contributed by atoms with Crippen LogP contribution in [0.1, 0.15) is 18.4 Å². The van der Waals surface area contributed by atoms with Crippen molar-refractivity contribution < 1.29 is 18.0 Å². The summed E-state index contributed by atoms with van der Waals surface area (Å²) in [5.41, 5.74) is 0.830. The van der Waals surface area contributed by atoms with Crippen LogP contribution in [0.2, 0.25) is 0 Å². The summed E-state index contributed by atoms with van der Waals surface area (Å²) in [5, 5.41) is 1.24. The Labute approximate surface area is 171 Å². The molecule has 0 saturated carbocycles. The number of amides is 2. The van der Waals surface area contributed by atoms with Gasteiger partial charge in [0, 0.05) is 31.6 Å². The van der Waals surface area contributed by atoms with E-state index in [-0.39, 0.29) is 30.3 Å². The standard InChI is InChI=1S/C21H25N3O4S/c25-20-18-8-4-5-9-19(18)21(26)24(20)16-22-11-13-23(14-12-22)29(27,28)15-10-17-6-2-1-3-7-17/h1-7,10,15,18-19H,8-9,11-14,16H2/b15-10+/t18-,19-/m0/s1. The number of hydrogen-bond acceptors (Lipinski definition) is 5. The summed E-state index contributed by atoms with van der Waals surface area (Å²) in [5.74, 6) is -0.634. The SMILES string of the molecule is O=C1[C@H]2CC=CC[C@@H]2C(=O)N1CN1CCN(S(=O)(=O)/C=C/c2ccccc2)CC1. The number of likely N-dealkylation sites (tertiary alicyclic amines) is 1. The van der Waals surface area contributed by atoms with E-state index >= 15 is 0 Å². The van der Waals surface area contributed by atoms with E-state index < -0.39 is 10.0 Å². The van der Waals surface area contributed by atoms with E-state index in [0.717, 1.165) is 5.56 Å². The zero-order valence-electron chi connectivity index (χ0n) is 16.2. The predicted molar refractivity (Wildman–Crippen MR) is 110 cm³/mol. The molecule has 0 unspecified atom stereocenters. The van der Waals surface area contributed by atoms with Crippen LogP contribution in [0.4, 0.5) is 0 Å². The minimum Gasteiger partial charge on any atom is -0.283 e. The van der Waals surface area contributed by atoms with Crippen molar-refractivity contribution in [2.45, 2.75) is 12.8 Å². The number of carbonyl (C=O) groups is 2. The van der Waals surface area contributed by atoms with Crippen LogP contribution in [0.25, 0.3) is 6.08 Å². The summed E-state index contributed by atoms with van der Waals surface area (Å²) < 4.78 is 26.6. The minimum atomic E-state index is -3.50. The first-order chi connectivity index (χ1) is 14.0. The second-order valence-electron chi connectivity index (χ2n) is 7.68. The molecule has 0 aromatic heterocycles. The topological polar surface area (TPSA) is 78.0 Å². The molecule has 3 aliphatic rings. The average molecular weight is 416 g/mol. The smallest absolute Gasteiger partial charge is 0.236 e. The van der Waals surface area contributed by atoms with Crippen molar-refractivity contribution in [2.24, 2.45) is 11.8 Å². The van der Waals surface area contributed by atoms with Gasteiger partial charge in [-0.2, -0.15) is 4.31 Å². The Morgan fingerprint density at radius 3 is 2.07 bits per heavy atom. The van der Waals surface area contributed by atoms with E-state index in [1.165, 1.54) is 14.6 Å². The zero-order valence-corrected chi connectivity index (χ0v) is 17.0. The van der Waals surface area contributed by atoms with Crippen molar-refractivity contribution >= 4 is 27.9 Å². The molecule has 7 nitrogen and oxygen atoms in total. The third kappa shape index (κ3) is 4.19. The van der Waals surface area contributed by atoms with E-state index in [1.807, 2.05) is 47.4 Å². The molecular weight excluding hydrogens is 390 g/mol. The fourth-order valence-corrected chi connectivity index (χ4v) is 5.32. The van der Waals surface area contributed by atoms with Gasteiger partial charge in [-0.15, -0.1) is 0 Å². The van der Waals surface area contributed by atoms with Crippen LogP contribution < -0.4 is 0 Å². The van der Waals surface area contributed by atoms with Gasteiger partial charge < -0.3 is 0 Å². The highest BCUT2D eigenvalue weighted by atomic mass is 32.2. The van der Waals surface area contributed by atoms with Crippen molar-refractivity contribution in [3.05, 3.63) is 53.5 Å². The fourth-order valence-electron chi connectivity index (χ4n) is 4.15. The molecule has 2 heterocycles. The maximum Gasteiger partial charge on any atom is 0.236 e. The third-order valence-electron chi connectivity index (χ3n) is 5.86. The number of rotatable bonds is 5. The van der Waals surface area contributed by atoms with E-state index in [1.54, 1.807) is 6.08 Å². The summed E-state index contributed by atoms with van der Waals surface area (Å²) in [6, 6.07) is 9.30. The summed E-state index contributed by atoms with van der Waals surface area (Å²) in [6.45, 7) is 1.91. The average Bonchev–Trinajstić information content (AvgIpc) is 2.99. The van der Waals surface area contributed by atoms with Crippen LogP contribution in [0.3, 0.4) is 0 Å². The Kier molecular flexibility index (Phi) is 5.67. The first-order valence-electron chi connectivity index (χ1n) is 9.91. The fraction of sp³-hybridized carbons (Fsp3) is 0.429. The molecule has 2 aliphatic heterocycles. The highest BCUT2D eigenvalue weighted by Gasteiger charge is 2.47. The van der Waals surface area contributed by atoms with Crippen LogP contribution in [0.15, 0.2) is 47.9 Å². The number of allylic oxidation sites excluding steroid dienone is 2. The van der Waals surface area contributed by atoms with Crippen LogP contribution in [0.5, 0.6) is 0 Å². The number of piperazine rings is 1. The summed E-state index contributed by atoms with van der Waals surface area (Å²) in [7, 11) is -3.50. The van der Waals surface area contributed by atoms with Crippen molar-refractivity contribution in [1.29, 1.82) is 0 Å². The summed E-state index contributed by atoms with van der Waals surface area (Å²) >= 11 is 0. The number of hydrogen-bond donors (Lipinski definition) is 0. The maximum atomic E-state index is 12.6. The second kappa shape index (κ2) is 8.22. The number of imide groups is 1. The van der Waals surface area contributed by atoms with Crippen molar-refractivity contribution in [2.75, 3.05) is 32.8 Å². The lowest BCUT2D eigenvalue weighted by molar-refractivity contribution is -0.142. The van der Waals surface area contributed by atoms with Gasteiger partial charge in [0.15, 0.2) is 0 Å². The first kappa shape index (κ1) is 20.0. The van der Waals surface area contributed by atoms with Gasteiger partial charge in [0.25, 0.3) is 0 Å². The lowest BCUT2D eigenvalue weighted by atomic mass is 9.85. The number of fused-ring (bicyclic) bond motifs is 1. The van der Waals surface area contributed by atoms with Gasteiger partial charge >= 0.3 is 0 Å². The molecule has 0 N–H and O–H groups in total. The van der Waals surface area contributed by atoms with Gasteiger partial charge in [0.05, 0.1) is 18.5 Å². The first-order valence-corrected chi connectivity index (χ1v) is 11.4. The molecule has 29 heavy (non-hydrogen) atoms. The molecule has 154 valence electrons. The molecule has 2 fully saturated rings.